The van der Waals surface area contributed by atoms with Crippen LogP contribution >= 0.6 is 11.6 Å². The third kappa shape index (κ3) is 1.89. The zero-order valence-electron chi connectivity index (χ0n) is 12.1. The molecule has 0 radical (unpaired) electrons. The molecule has 0 aliphatic heterocycles. The summed E-state index contributed by atoms with van der Waals surface area (Å²) in [6.45, 7) is 2.00. The van der Waals surface area contributed by atoms with Gasteiger partial charge in [0.15, 0.2) is 5.65 Å². The average Bonchev–Trinajstić information content (AvgIpc) is 3.11. The predicted octanol–water partition coefficient (Wildman–Crippen LogP) is 3.55. The van der Waals surface area contributed by atoms with Crippen molar-refractivity contribution in [3.8, 4) is 0 Å². The summed E-state index contributed by atoms with van der Waals surface area (Å²) < 4.78 is 4.22. The second-order valence-corrected chi connectivity index (χ2v) is 6.00. The SMILES string of the molecule is Cc1nn(C)c2c1nc(CCl)n2C1CC1c1ccccc1. The number of fused-ring (bicyclic) bond motifs is 1. The van der Waals surface area contributed by atoms with Crippen LogP contribution < -0.4 is 0 Å². The van der Waals surface area contributed by atoms with Gasteiger partial charge in [0, 0.05) is 19.0 Å². The lowest BCUT2D eigenvalue weighted by atomic mass is 10.1. The molecular weight excluding hydrogens is 284 g/mol. The second-order valence-electron chi connectivity index (χ2n) is 5.73. The second kappa shape index (κ2) is 4.60. The minimum Gasteiger partial charge on any atom is -0.308 e. The van der Waals surface area contributed by atoms with Crippen molar-refractivity contribution in [3.05, 3.63) is 47.4 Å². The van der Waals surface area contributed by atoms with Crippen molar-refractivity contribution >= 4 is 22.8 Å². The van der Waals surface area contributed by atoms with E-state index in [1.807, 2.05) is 18.7 Å². The molecule has 1 saturated carbocycles. The summed E-state index contributed by atoms with van der Waals surface area (Å²) in [6, 6.07) is 11.1. The molecule has 0 saturated heterocycles. The molecule has 0 bridgehead atoms. The first-order chi connectivity index (χ1) is 10.2. The first-order valence-electron chi connectivity index (χ1n) is 7.22. The molecule has 0 N–H and O–H groups in total. The van der Waals surface area contributed by atoms with Crippen LogP contribution in [-0.2, 0) is 12.9 Å². The van der Waals surface area contributed by atoms with Gasteiger partial charge in [-0.25, -0.2) is 4.98 Å². The van der Waals surface area contributed by atoms with Crippen molar-refractivity contribution in [2.45, 2.75) is 31.2 Å². The summed E-state index contributed by atoms with van der Waals surface area (Å²) in [5.41, 5.74) is 4.43. The molecule has 2 atom stereocenters. The molecular formula is C16H17ClN4. The minimum absolute atomic E-state index is 0.437. The highest BCUT2D eigenvalue weighted by Gasteiger charge is 2.42. The van der Waals surface area contributed by atoms with Gasteiger partial charge >= 0.3 is 0 Å². The molecule has 108 valence electrons. The Bertz CT molecular complexity index is 803. The molecule has 0 spiro atoms. The van der Waals surface area contributed by atoms with Crippen LogP contribution in [0, 0.1) is 6.92 Å². The smallest absolute Gasteiger partial charge is 0.158 e. The van der Waals surface area contributed by atoms with E-state index < -0.39 is 0 Å². The van der Waals surface area contributed by atoms with E-state index in [1.165, 1.54) is 5.56 Å². The summed E-state index contributed by atoms with van der Waals surface area (Å²) >= 11 is 6.12. The zero-order valence-corrected chi connectivity index (χ0v) is 12.9. The van der Waals surface area contributed by atoms with E-state index in [0.29, 0.717) is 17.8 Å². The lowest BCUT2D eigenvalue weighted by molar-refractivity contribution is 0.661. The highest BCUT2D eigenvalue weighted by molar-refractivity contribution is 6.16. The largest absolute Gasteiger partial charge is 0.308 e. The quantitative estimate of drug-likeness (QED) is 0.694. The highest BCUT2D eigenvalue weighted by atomic mass is 35.5. The summed E-state index contributed by atoms with van der Waals surface area (Å²) in [4.78, 5) is 4.69. The molecule has 1 aromatic carbocycles. The lowest BCUT2D eigenvalue weighted by Gasteiger charge is -2.08. The summed E-state index contributed by atoms with van der Waals surface area (Å²) in [5, 5.41) is 4.48. The van der Waals surface area contributed by atoms with Crippen molar-refractivity contribution in [1.82, 2.24) is 19.3 Å². The molecule has 3 aromatic rings. The Morgan fingerprint density at radius 2 is 2.05 bits per heavy atom. The highest BCUT2D eigenvalue weighted by Crippen LogP contribution is 2.53. The van der Waals surface area contributed by atoms with E-state index in [0.717, 1.165) is 29.1 Å². The maximum Gasteiger partial charge on any atom is 0.158 e. The van der Waals surface area contributed by atoms with E-state index in [4.69, 9.17) is 11.6 Å². The lowest BCUT2D eigenvalue weighted by Crippen LogP contribution is -2.05. The van der Waals surface area contributed by atoms with Crippen LogP contribution in [0.25, 0.3) is 11.2 Å². The van der Waals surface area contributed by atoms with E-state index in [1.54, 1.807) is 0 Å². The Balaban J connectivity index is 1.81. The Labute approximate surface area is 128 Å². The van der Waals surface area contributed by atoms with Crippen LogP contribution in [0.2, 0.25) is 0 Å². The fourth-order valence-corrected chi connectivity index (χ4v) is 3.50. The van der Waals surface area contributed by atoms with Crippen molar-refractivity contribution in [2.75, 3.05) is 0 Å². The molecule has 4 rings (SSSR count). The van der Waals surface area contributed by atoms with Crippen molar-refractivity contribution in [2.24, 2.45) is 7.05 Å². The van der Waals surface area contributed by atoms with Gasteiger partial charge in [-0.2, -0.15) is 5.10 Å². The van der Waals surface area contributed by atoms with Gasteiger partial charge in [-0.1, -0.05) is 30.3 Å². The number of hydrogen-bond donors (Lipinski definition) is 0. The van der Waals surface area contributed by atoms with Gasteiger partial charge < -0.3 is 4.57 Å². The molecule has 21 heavy (non-hydrogen) atoms. The third-order valence-corrected chi connectivity index (χ3v) is 4.58. The van der Waals surface area contributed by atoms with Gasteiger partial charge in [0.25, 0.3) is 0 Å². The molecule has 5 heteroatoms. The Morgan fingerprint density at radius 1 is 1.29 bits per heavy atom. The average molecular weight is 301 g/mol. The number of hydrogen-bond acceptors (Lipinski definition) is 2. The predicted molar refractivity (Wildman–Crippen MR) is 83.6 cm³/mol. The van der Waals surface area contributed by atoms with Crippen molar-refractivity contribution in [3.63, 3.8) is 0 Å². The number of benzene rings is 1. The van der Waals surface area contributed by atoms with Crippen LogP contribution in [-0.4, -0.2) is 19.3 Å². The Kier molecular flexibility index (Phi) is 2.82. The molecule has 2 unspecified atom stereocenters. The van der Waals surface area contributed by atoms with Gasteiger partial charge in [0.2, 0.25) is 0 Å². The summed E-state index contributed by atoms with van der Waals surface area (Å²) in [6.07, 6.45) is 1.14. The number of alkyl halides is 1. The van der Waals surface area contributed by atoms with E-state index >= 15 is 0 Å². The Morgan fingerprint density at radius 3 is 2.76 bits per heavy atom. The van der Waals surface area contributed by atoms with E-state index in [9.17, 15) is 0 Å². The fourth-order valence-electron chi connectivity index (χ4n) is 3.31. The van der Waals surface area contributed by atoms with Crippen molar-refractivity contribution < 1.29 is 0 Å². The number of aromatic nitrogens is 4. The number of nitrogens with zero attached hydrogens (tertiary/aromatic N) is 4. The van der Waals surface area contributed by atoms with Gasteiger partial charge in [-0.3, -0.25) is 4.68 Å². The number of aryl methyl sites for hydroxylation is 2. The van der Waals surface area contributed by atoms with Gasteiger partial charge in [-0.05, 0) is 18.9 Å². The molecule has 2 aromatic heterocycles. The van der Waals surface area contributed by atoms with Crippen LogP contribution in [0.4, 0.5) is 0 Å². The number of imidazole rings is 1. The van der Waals surface area contributed by atoms with Crippen molar-refractivity contribution in [1.29, 1.82) is 0 Å². The molecule has 0 amide bonds. The Hall–Kier alpha value is -1.81. The van der Waals surface area contributed by atoms with E-state index in [-0.39, 0.29) is 0 Å². The first kappa shape index (κ1) is 12.9. The standard InChI is InChI=1S/C16H17ClN4/c1-10-15-16(20(2)19-10)21(14(9-17)18-15)13-8-12(13)11-6-4-3-5-7-11/h3-7,12-13H,8-9H2,1-2H3. The number of rotatable bonds is 3. The molecule has 1 fully saturated rings. The summed E-state index contributed by atoms with van der Waals surface area (Å²) in [7, 11) is 1.98. The third-order valence-electron chi connectivity index (χ3n) is 4.34. The summed E-state index contributed by atoms with van der Waals surface area (Å²) in [5.74, 6) is 1.94. The van der Waals surface area contributed by atoms with Gasteiger partial charge in [0.05, 0.1) is 11.6 Å². The monoisotopic (exact) mass is 300 g/mol. The molecule has 1 aliphatic rings. The van der Waals surface area contributed by atoms with Gasteiger partial charge in [-0.15, -0.1) is 11.6 Å². The van der Waals surface area contributed by atoms with E-state index in [2.05, 4.69) is 45.0 Å². The fraction of sp³-hybridized carbons (Fsp3) is 0.375. The maximum absolute atomic E-state index is 6.12. The molecule has 2 heterocycles. The molecule has 4 nitrogen and oxygen atoms in total. The van der Waals surface area contributed by atoms with Crippen LogP contribution in [0.5, 0.6) is 0 Å². The number of halogens is 1. The molecule has 1 aliphatic carbocycles. The first-order valence-corrected chi connectivity index (χ1v) is 7.75. The minimum atomic E-state index is 0.437. The van der Waals surface area contributed by atoms with Crippen LogP contribution in [0.3, 0.4) is 0 Å². The topological polar surface area (TPSA) is 35.6 Å². The zero-order chi connectivity index (χ0) is 14.6. The van der Waals surface area contributed by atoms with Crippen LogP contribution in [0.1, 0.15) is 35.5 Å². The maximum atomic E-state index is 6.12. The normalized spacial score (nSPS) is 21.1. The van der Waals surface area contributed by atoms with Gasteiger partial charge in [0.1, 0.15) is 11.3 Å². The van der Waals surface area contributed by atoms with Crippen LogP contribution in [0.15, 0.2) is 30.3 Å².